The minimum Gasteiger partial charge on any atom is -0.468 e. The summed E-state index contributed by atoms with van der Waals surface area (Å²) < 4.78 is 5.63. The zero-order chi connectivity index (χ0) is 12.2. The van der Waals surface area contributed by atoms with Crippen LogP contribution < -0.4 is 0 Å². The molecule has 1 unspecified atom stereocenters. The van der Waals surface area contributed by atoms with Crippen molar-refractivity contribution >= 4 is 21.9 Å². The van der Waals surface area contributed by atoms with Gasteiger partial charge in [0.15, 0.2) is 0 Å². The third-order valence-electron chi connectivity index (χ3n) is 2.53. The molecule has 0 aliphatic rings. The summed E-state index contributed by atoms with van der Waals surface area (Å²) in [6.45, 7) is 1.71. The Kier molecular flexibility index (Phi) is 4.08. The molecular formula is C12H12BrNO2. The lowest BCUT2D eigenvalue weighted by Crippen LogP contribution is -2.33. The number of benzene rings is 1. The first kappa shape index (κ1) is 12.7. The Hall–Kier alpha value is -1.34. The fraction of sp³-hybridized carbons (Fsp3) is 0.333. The SMILES string of the molecule is COC(=O)C(C)(CC#N)c1cccc(Br)c1. The van der Waals surface area contributed by atoms with Gasteiger partial charge in [0.1, 0.15) is 5.41 Å². The van der Waals surface area contributed by atoms with E-state index in [1.165, 1.54) is 7.11 Å². The molecule has 1 aromatic rings. The number of rotatable bonds is 3. The number of carbonyl (C=O) groups excluding carboxylic acids is 1. The first-order chi connectivity index (χ1) is 7.54. The van der Waals surface area contributed by atoms with E-state index in [1.54, 1.807) is 6.92 Å². The number of hydrogen-bond donors (Lipinski definition) is 0. The van der Waals surface area contributed by atoms with Crippen LogP contribution in [0.1, 0.15) is 18.9 Å². The largest absolute Gasteiger partial charge is 0.468 e. The van der Waals surface area contributed by atoms with Crippen molar-refractivity contribution < 1.29 is 9.53 Å². The number of hydrogen-bond acceptors (Lipinski definition) is 3. The van der Waals surface area contributed by atoms with Crippen molar-refractivity contribution in [3.8, 4) is 6.07 Å². The van der Waals surface area contributed by atoms with Gasteiger partial charge in [-0.15, -0.1) is 0 Å². The van der Waals surface area contributed by atoms with Crippen molar-refractivity contribution in [3.05, 3.63) is 34.3 Å². The average Bonchev–Trinajstić information content (AvgIpc) is 2.28. The molecule has 0 saturated carbocycles. The molecule has 3 nitrogen and oxygen atoms in total. The second kappa shape index (κ2) is 5.13. The van der Waals surface area contributed by atoms with Crippen LogP contribution in [0.2, 0.25) is 0 Å². The number of nitriles is 1. The van der Waals surface area contributed by atoms with E-state index >= 15 is 0 Å². The van der Waals surface area contributed by atoms with Gasteiger partial charge in [0, 0.05) is 4.47 Å². The second-order valence-corrected chi connectivity index (χ2v) is 4.58. The maximum Gasteiger partial charge on any atom is 0.317 e. The molecule has 0 saturated heterocycles. The molecule has 0 amide bonds. The summed E-state index contributed by atoms with van der Waals surface area (Å²) in [5.41, 5.74) is -0.136. The van der Waals surface area contributed by atoms with Gasteiger partial charge in [-0.05, 0) is 24.6 Å². The predicted octanol–water partition coefficient (Wildman–Crippen LogP) is 2.79. The summed E-state index contributed by atoms with van der Waals surface area (Å²) in [5, 5.41) is 8.81. The zero-order valence-electron chi connectivity index (χ0n) is 9.16. The Labute approximate surface area is 103 Å². The highest BCUT2D eigenvalue weighted by atomic mass is 79.9. The standard InChI is InChI=1S/C12H12BrNO2/c1-12(6-7-14,11(15)16-2)9-4-3-5-10(13)8-9/h3-5,8H,6H2,1-2H3. The van der Waals surface area contributed by atoms with Gasteiger partial charge in [-0.25, -0.2) is 0 Å². The van der Waals surface area contributed by atoms with Crippen molar-refractivity contribution in [1.29, 1.82) is 5.26 Å². The predicted molar refractivity (Wildman–Crippen MR) is 63.7 cm³/mol. The smallest absolute Gasteiger partial charge is 0.317 e. The molecular weight excluding hydrogens is 270 g/mol. The summed E-state index contributed by atoms with van der Waals surface area (Å²) in [7, 11) is 1.33. The molecule has 0 aliphatic carbocycles. The first-order valence-electron chi connectivity index (χ1n) is 4.76. The van der Waals surface area contributed by atoms with Crippen molar-refractivity contribution in [2.75, 3.05) is 7.11 Å². The molecule has 1 atom stereocenters. The van der Waals surface area contributed by atoms with E-state index in [4.69, 9.17) is 10.00 Å². The Bertz CT molecular complexity index is 439. The van der Waals surface area contributed by atoms with Gasteiger partial charge in [0.25, 0.3) is 0 Å². The third-order valence-corrected chi connectivity index (χ3v) is 3.02. The van der Waals surface area contributed by atoms with Crippen molar-refractivity contribution in [2.45, 2.75) is 18.8 Å². The van der Waals surface area contributed by atoms with Crippen LogP contribution >= 0.6 is 15.9 Å². The summed E-state index contributed by atoms with van der Waals surface area (Å²) in [5.74, 6) is -0.396. The Morgan fingerprint density at radius 1 is 1.62 bits per heavy atom. The highest BCUT2D eigenvalue weighted by molar-refractivity contribution is 9.10. The lowest BCUT2D eigenvalue weighted by molar-refractivity contribution is -0.146. The highest BCUT2D eigenvalue weighted by Crippen LogP contribution is 2.30. The fourth-order valence-corrected chi connectivity index (χ4v) is 1.91. The van der Waals surface area contributed by atoms with Gasteiger partial charge in [-0.1, -0.05) is 28.1 Å². The quantitative estimate of drug-likeness (QED) is 0.801. The molecule has 0 radical (unpaired) electrons. The molecule has 0 aromatic heterocycles. The van der Waals surface area contributed by atoms with E-state index in [0.29, 0.717) is 0 Å². The minimum absolute atomic E-state index is 0.0934. The third kappa shape index (κ3) is 2.42. The minimum atomic E-state index is -0.909. The average molecular weight is 282 g/mol. The van der Waals surface area contributed by atoms with Crippen LogP contribution in [0.15, 0.2) is 28.7 Å². The van der Waals surface area contributed by atoms with Crippen LogP contribution in [-0.2, 0) is 14.9 Å². The number of halogens is 1. The Balaban J connectivity index is 3.22. The number of carbonyl (C=O) groups is 1. The molecule has 1 aromatic carbocycles. The normalized spacial score (nSPS) is 13.6. The van der Waals surface area contributed by atoms with Gasteiger partial charge < -0.3 is 4.74 Å². The van der Waals surface area contributed by atoms with Crippen LogP contribution in [0.5, 0.6) is 0 Å². The van der Waals surface area contributed by atoms with E-state index in [2.05, 4.69) is 15.9 Å². The van der Waals surface area contributed by atoms with E-state index in [1.807, 2.05) is 30.3 Å². The molecule has 0 spiro atoms. The topological polar surface area (TPSA) is 50.1 Å². The molecule has 4 heteroatoms. The second-order valence-electron chi connectivity index (χ2n) is 3.67. The monoisotopic (exact) mass is 281 g/mol. The summed E-state index contributed by atoms with van der Waals surface area (Å²) in [4.78, 5) is 11.7. The molecule has 0 fully saturated rings. The van der Waals surface area contributed by atoms with Crippen LogP contribution in [0, 0.1) is 11.3 Å². The lowest BCUT2D eigenvalue weighted by atomic mass is 9.80. The molecule has 0 heterocycles. The number of esters is 1. The summed E-state index contributed by atoms with van der Waals surface area (Å²) in [6, 6.07) is 9.37. The van der Waals surface area contributed by atoms with Crippen LogP contribution in [0.3, 0.4) is 0 Å². The Morgan fingerprint density at radius 3 is 2.81 bits per heavy atom. The van der Waals surface area contributed by atoms with E-state index in [-0.39, 0.29) is 6.42 Å². The molecule has 0 bridgehead atoms. The first-order valence-corrected chi connectivity index (χ1v) is 5.55. The zero-order valence-corrected chi connectivity index (χ0v) is 10.7. The van der Waals surface area contributed by atoms with Crippen LogP contribution in [0.4, 0.5) is 0 Å². The summed E-state index contributed by atoms with van der Waals surface area (Å²) in [6.07, 6.45) is 0.0934. The van der Waals surface area contributed by atoms with Gasteiger partial charge >= 0.3 is 5.97 Å². The van der Waals surface area contributed by atoms with Crippen molar-refractivity contribution in [2.24, 2.45) is 0 Å². The van der Waals surface area contributed by atoms with Crippen LogP contribution in [-0.4, -0.2) is 13.1 Å². The van der Waals surface area contributed by atoms with Gasteiger partial charge in [-0.2, -0.15) is 5.26 Å². The van der Waals surface area contributed by atoms with Gasteiger partial charge in [0.2, 0.25) is 0 Å². The highest BCUT2D eigenvalue weighted by Gasteiger charge is 2.36. The Morgan fingerprint density at radius 2 is 2.31 bits per heavy atom. The van der Waals surface area contributed by atoms with Gasteiger partial charge in [0.05, 0.1) is 19.6 Å². The maximum absolute atomic E-state index is 11.7. The van der Waals surface area contributed by atoms with E-state index in [0.717, 1.165) is 10.0 Å². The van der Waals surface area contributed by atoms with Crippen molar-refractivity contribution in [1.82, 2.24) is 0 Å². The van der Waals surface area contributed by atoms with Gasteiger partial charge in [-0.3, -0.25) is 4.79 Å². The maximum atomic E-state index is 11.7. The summed E-state index contributed by atoms with van der Waals surface area (Å²) >= 11 is 3.34. The number of ether oxygens (including phenoxy) is 1. The van der Waals surface area contributed by atoms with Crippen LogP contribution in [0.25, 0.3) is 0 Å². The number of methoxy groups -OCH3 is 1. The fourth-order valence-electron chi connectivity index (χ4n) is 1.51. The van der Waals surface area contributed by atoms with Crippen molar-refractivity contribution in [3.63, 3.8) is 0 Å². The molecule has 0 N–H and O–H groups in total. The van der Waals surface area contributed by atoms with E-state index in [9.17, 15) is 4.79 Å². The molecule has 84 valence electrons. The lowest BCUT2D eigenvalue weighted by Gasteiger charge is -2.24. The van der Waals surface area contributed by atoms with E-state index < -0.39 is 11.4 Å². The molecule has 0 aliphatic heterocycles. The molecule has 1 rings (SSSR count). The molecule has 16 heavy (non-hydrogen) atoms. The number of nitrogens with zero attached hydrogens (tertiary/aromatic N) is 1.